The van der Waals surface area contributed by atoms with Crippen LogP contribution < -0.4 is 10.1 Å². The van der Waals surface area contributed by atoms with Crippen molar-refractivity contribution in [1.29, 1.82) is 0 Å². The number of methoxy groups -OCH3 is 1. The molecule has 2 aromatic rings. The van der Waals surface area contributed by atoms with Crippen molar-refractivity contribution in [3.63, 3.8) is 0 Å². The van der Waals surface area contributed by atoms with E-state index in [0.717, 1.165) is 37.3 Å². The standard InChI is InChI=1S/C21H29N3O3/c1-14(2)21-23-20(27-24-21)8-5-11-22-19(25)13-16-7-4-6-15-12-17(26-3)9-10-18(15)16/h9-10,12,14,16H,4-8,11,13H2,1-3H3,(H,22,25). The van der Waals surface area contributed by atoms with Crippen LogP contribution in [0.4, 0.5) is 0 Å². The van der Waals surface area contributed by atoms with E-state index in [1.54, 1.807) is 7.11 Å². The quantitative estimate of drug-likeness (QED) is 0.715. The summed E-state index contributed by atoms with van der Waals surface area (Å²) < 4.78 is 10.5. The minimum absolute atomic E-state index is 0.108. The number of aromatic nitrogens is 2. The molecular weight excluding hydrogens is 342 g/mol. The molecule has 1 aliphatic rings. The van der Waals surface area contributed by atoms with E-state index in [-0.39, 0.29) is 11.8 Å². The van der Waals surface area contributed by atoms with E-state index in [9.17, 15) is 4.79 Å². The number of aryl methyl sites for hydroxylation is 2. The second kappa shape index (κ2) is 9.02. The maximum atomic E-state index is 12.4. The summed E-state index contributed by atoms with van der Waals surface area (Å²) >= 11 is 0. The van der Waals surface area contributed by atoms with E-state index in [1.807, 2.05) is 19.9 Å². The number of nitrogens with zero attached hydrogens (tertiary/aromatic N) is 2. The van der Waals surface area contributed by atoms with Crippen molar-refractivity contribution in [3.8, 4) is 5.75 Å². The zero-order chi connectivity index (χ0) is 19.2. The predicted octanol–water partition coefficient (Wildman–Crippen LogP) is 3.76. The SMILES string of the molecule is COc1ccc2c(c1)CCCC2CC(=O)NCCCc1nc(C(C)C)no1. The molecular formula is C21H29N3O3. The van der Waals surface area contributed by atoms with Gasteiger partial charge in [0.25, 0.3) is 0 Å². The molecule has 1 atom stereocenters. The molecule has 0 aliphatic heterocycles. The van der Waals surface area contributed by atoms with Gasteiger partial charge in [0.1, 0.15) is 5.75 Å². The third-order valence-corrected chi connectivity index (χ3v) is 5.11. The summed E-state index contributed by atoms with van der Waals surface area (Å²) in [7, 11) is 1.69. The summed E-state index contributed by atoms with van der Waals surface area (Å²) in [4.78, 5) is 16.7. The van der Waals surface area contributed by atoms with Crippen LogP contribution in [0.15, 0.2) is 22.7 Å². The first-order chi connectivity index (χ1) is 13.1. The Morgan fingerprint density at radius 3 is 3.00 bits per heavy atom. The smallest absolute Gasteiger partial charge is 0.226 e. The van der Waals surface area contributed by atoms with Crippen LogP contribution in [0.2, 0.25) is 0 Å². The van der Waals surface area contributed by atoms with E-state index in [2.05, 4.69) is 27.6 Å². The van der Waals surface area contributed by atoms with Crippen molar-refractivity contribution < 1.29 is 14.1 Å². The highest BCUT2D eigenvalue weighted by atomic mass is 16.5. The monoisotopic (exact) mass is 371 g/mol. The molecule has 146 valence electrons. The van der Waals surface area contributed by atoms with Crippen molar-refractivity contribution in [2.45, 2.75) is 64.2 Å². The number of benzene rings is 1. The van der Waals surface area contributed by atoms with Gasteiger partial charge in [-0.3, -0.25) is 4.79 Å². The van der Waals surface area contributed by atoms with Crippen LogP contribution >= 0.6 is 0 Å². The van der Waals surface area contributed by atoms with Crippen LogP contribution in [0, 0.1) is 0 Å². The van der Waals surface area contributed by atoms with E-state index >= 15 is 0 Å². The largest absolute Gasteiger partial charge is 0.497 e. The second-order valence-corrected chi connectivity index (χ2v) is 7.51. The highest BCUT2D eigenvalue weighted by molar-refractivity contribution is 5.77. The molecule has 1 heterocycles. The second-order valence-electron chi connectivity index (χ2n) is 7.51. The average Bonchev–Trinajstić information content (AvgIpc) is 3.14. The number of hydrogen-bond acceptors (Lipinski definition) is 5. The minimum Gasteiger partial charge on any atom is -0.497 e. The van der Waals surface area contributed by atoms with Gasteiger partial charge in [0, 0.05) is 25.3 Å². The summed E-state index contributed by atoms with van der Waals surface area (Å²) in [6, 6.07) is 6.22. The number of nitrogens with one attached hydrogen (secondary N) is 1. The third kappa shape index (κ3) is 5.08. The molecule has 0 fully saturated rings. The van der Waals surface area contributed by atoms with E-state index in [4.69, 9.17) is 9.26 Å². The van der Waals surface area contributed by atoms with Gasteiger partial charge in [0.05, 0.1) is 7.11 Å². The summed E-state index contributed by atoms with van der Waals surface area (Å²) in [6.45, 7) is 4.70. The number of rotatable bonds is 8. The minimum atomic E-state index is 0.108. The summed E-state index contributed by atoms with van der Waals surface area (Å²) in [5.74, 6) is 2.94. The van der Waals surface area contributed by atoms with E-state index < -0.39 is 0 Å². The Morgan fingerprint density at radius 1 is 1.41 bits per heavy atom. The molecule has 0 saturated carbocycles. The number of ether oxygens (including phenoxy) is 1. The van der Waals surface area contributed by atoms with Crippen LogP contribution in [0.5, 0.6) is 5.75 Å². The highest BCUT2D eigenvalue weighted by Crippen LogP contribution is 2.35. The molecule has 1 unspecified atom stereocenters. The normalized spacial score (nSPS) is 16.2. The number of amides is 1. The lowest BCUT2D eigenvalue weighted by Gasteiger charge is -2.25. The molecule has 1 aliphatic carbocycles. The molecule has 1 N–H and O–H groups in total. The summed E-state index contributed by atoms with van der Waals surface area (Å²) in [5.41, 5.74) is 2.61. The zero-order valence-electron chi connectivity index (χ0n) is 16.5. The van der Waals surface area contributed by atoms with Gasteiger partial charge in [-0.05, 0) is 54.9 Å². The Labute approximate surface area is 160 Å². The fourth-order valence-corrected chi connectivity index (χ4v) is 3.60. The Hall–Kier alpha value is -2.37. The third-order valence-electron chi connectivity index (χ3n) is 5.11. The number of carbonyl (C=O) groups is 1. The molecule has 0 radical (unpaired) electrons. The van der Waals surface area contributed by atoms with Gasteiger partial charge in [-0.15, -0.1) is 0 Å². The average molecular weight is 371 g/mol. The Morgan fingerprint density at radius 2 is 2.26 bits per heavy atom. The van der Waals surface area contributed by atoms with E-state index in [1.165, 1.54) is 11.1 Å². The van der Waals surface area contributed by atoms with Gasteiger partial charge in [0.2, 0.25) is 11.8 Å². The summed E-state index contributed by atoms with van der Waals surface area (Å²) in [6.07, 6.45) is 5.26. The molecule has 0 saturated heterocycles. The van der Waals surface area contributed by atoms with Crippen LogP contribution in [0.25, 0.3) is 0 Å². The van der Waals surface area contributed by atoms with Crippen molar-refractivity contribution in [2.75, 3.05) is 13.7 Å². The van der Waals surface area contributed by atoms with Crippen LogP contribution in [-0.4, -0.2) is 29.7 Å². The van der Waals surface area contributed by atoms with Gasteiger partial charge < -0.3 is 14.6 Å². The van der Waals surface area contributed by atoms with Gasteiger partial charge >= 0.3 is 0 Å². The number of carbonyl (C=O) groups excluding carboxylic acids is 1. The summed E-state index contributed by atoms with van der Waals surface area (Å²) in [5, 5.41) is 6.99. The predicted molar refractivity (Wildman–Crippen MR) is 103 cm³/mol. The van der Waals surface area contributed by atoms with Crippen molar-refractivity contribution >= 4 is 5.91 Å². The maximum absolute atomic E-state index is 12.4. The molecule has 6 nitrogen and oxygen atoms in total. The first-order valence-corrected chi connectivity index (χ1v) is 9.82. The highest BCUT2D eigenvalue weighted by Gasteiger charge is 2.23. The zero-order valence-corrected chi connectivity index (χ0v) is 16.5. The first kappa shape index (κ1) is 19.4. The molecule has 0 bridgehead atoms. The molecule has 6 heteroatoms. The molecule has 1 aromatic carbocycles. The maximum Gasteiger partial charge on any atom is 0.226 e. The number of hydrogen-bond donors (Lipinski definition) is 1. The van der Waals surface area contributed by atoms with Crippen LogP contribution in [-0.2, 0) is 17.6 Å². The van der Waals surface area contributed by atoms with Crippen LogP contribution in [0.3, 0.4) is 0 Å². The lowest BCUT2D eigenvalue weighted by Crippen LogP contribution is -2.27. The topological polar surface area (TPSA) is 77.2 Å². The van der Waals surface area contributed by atoms with Gasteiger partial charge in [-0.25, -0.2) is 0 Å². The molecule has 1 aromatic heterocycles. The fourth-order valence-electron chi connectivity index (χ4n) is 3.60. The Kier molecular flexibility index (Phi) is 6.48. The van der Waals surface area contributed by atoms with Crippen molar-refractivity contribution in [1.82, 2.24) is 15.5 Å². The van der Waals surface area contributed by atoms with Gasteiger partial charge in [-0.2, -0.15) is 4.98 Å². The molecule has 1 amide bonds. The number of fused-ring (bicyclic) bond motifs is 1. The molecule has 27 heavy (non-hydrogen) atoms. The molecule has 3 rings (SSSR count). The fraction of sp³-hybridized carbons (Fsp3) is 0.571. The van der Waals surface area contributed by atoms with Crippen LogP contribution in [0.1, 0.15) is 74.2 Å². The lowest BCUT2D eigenvalue weighted by atomic mass is 9.81. The molecule has 0 spiro atoms. The first-order valence-electron chi connectivity index (χ1n) is 9.82. The lowest BCUT2D eigenvalue weighted by molar-refractivity contribution is -0.121. The van der Waals surface area contributed by atoms with Crippen molar-refractivity contribution in [3.05, 3.63) is 41.0 Å². The Balaban J connectivity index is 1.44. The Bertz CT molecular complexity index is 770. The van der Waals surface area contributed by atoms with Gasteiger partial charge in [-0.1, -0.05) is 25.1 Å². The van der Waals surface area contributed by atoms with Gasteiger partial charge in [0.15, 0.2) is 5.82 Å². The van der Waals surface area contributed by atoms with Crippen molar-refractivity contribution in [2.24, 2.45) is 0 Å². The van der Waals surface area contributed by atoms with E-state index in [0.29, 0.717) is 31.2 Å².